The van der Waals surface area contributed by atoms with Gasteiger partial charge in [0.2, 0.25) is 5.91 Å². The van der Waals surface area contributed by atoms with Gasteiger partial charge in [0.25, 0.3) is 0 Å². The van der Waals surface area contributed by atoms with Gasteiger partial charge in [0.05, 0.1) is 12.6 Å². The van der Waals surface area contributed by atoms with Crippen LogP contribution in [0.3, 0.4) is 0 Å². The SMILES string of the molecule is CCOc1ccc([C@H](CC(=O)[O-])NC(=O)C[C@@H](C)c2ccccc2)cc1. The fraction of sp³-hybridized carbons (Fsp3) is 0.333. The molecule has 0 aliphatic rings. The molecular weight excluding hydrogens is 330 g/mol. The van der Waals surface area contributed by atoms with Gasteiger partial charge >= 0.3 is 0 Å². The third-order valence-corrected chi connectivity index (χ3v) is 4.16. The van der Waals surface area contributed by atoms with Crippen LogP contribution in [0.2, 0.25) is 0 Å². The molecule has 2 aromatic carbocycles. The van der Waals surface area contributed by atoms with Crippen LogP contribution in [0.15, 0.2) is 54.6 Å². The van der Waals surface area contributed by atoms with Crippen molar-refractivity contribution in [1.82, 2.24) is 5.32 Å². The van der Waals surface area contributed by atoms with Crippen molar-refractivity contribution in [1.29, 1.82) is 0 Å². The summed E-state index contributed by atoms with van der Waals surface area (Å²) in [5, 5.41) is 13.9. The van der Waals surface area contributed by atoms with Crippen molar-refractivity contribution in [2.75, 3.05) is 6.61 Å². The van der Waals surface area contributed by atoms with E-state index in [0.29, 0.717) is 17.9 Å². The van der Waals surface area contributed by atoms with Crippen LogP contribution in [0.1, 0.15) is 49.8 Å². The van der Waals surface area contributed by atoms with Crippen molar-refractivity contribution in [3.05, 3.63) is 65.7 Å². The Morgan fingerprint density at radius 1 is 1.00 bits per heavy atom. The number of nitrogens with one attached hydrogen (secondary N) is 1. The smallest absolute Gasteiger partial charge is 0.221 e. The van der Waals surface area contributed by atoms with Gasteiger partial charge in [0.1, 0.15) is 5.75 Å². The Labute approximate surface area is 154 Å². The monoisotopic (exact) mass is 354 g/mol. The van der Waals surface area contributed by atoms with Crippen LogP contribution in [-0.2, 0) is 9.59 Å². The van der Waals surface area contributed by atoms with E-state index in [4.69, 9.17) is 4.74 Å². The molecule has 138 valence electrons. The lowest BCUT2D eigenvalue weighted by Crippen LogP contribution is -2.34. The highest BCUT2D eigenvalue weighted by atomic mass is 16.5. The first-order valence-corrected chi connectivity index (χ1v) is 8.76. The molecular formula is C21H24NO4-. The fourth-order valence-electron chi connectivity index (χ4n) is 2.81. The van der Waals surface area contributed by atoms with E-state index in [2.05, 4.69) is 5.32 Å². The highest BCUT2D eigenvalue weighted by Crippen LogP contribution is 2.22. The zero-order valence-electron chi connectivity index (χ0n) is 15.1. The molecule has 1 amide bonds. The van der Waals surface area contributed by atoms with Gasteiger partial charge in [0.15, 0.2) is 0 Å². The van der Waals surface area contributed by atoms with Crippen molar-refractivity contribution in [2.24, 2.45) is 0 Å². The van der Waals surface area contributed by atoms with Gasteiger partial charge < -0.3 is 20.0 Å². The summed E-state index contributed by atoms with van der Waals surface area (Å²) in [7, 11) is 0. The van der Waals surface area contributed by atoms with E-state index in [1.54, 1.807) is 24.3 Å². The molecule has 0 aliphatic carbocycles. The zero-order chi connectivity index (χ0) is 18.9. The minimum absolute atomic E-state index is 0.0418. The van der Waals surface area contributed by atoms with Crippen LogP contribution < -0.4 is 15.2 Å². The summed E-state index contributed by atoms with van der Waals surface area (Å²) >= 11 is 0. The number of carboxylic acids is 1. The number of carbonyl (C=O) groups is 2. The van der Waals surface area contributed by atoms with Crippen molar-refractivity contribution in [2.45, 2.75) is 38.6 Å². The first-order chi connectivity index (χ1) is 12.5. The maximum absolute atomic E-state index is 12.4. The topological polar surface area (TPSA) is 78.5 Å². The molecule has 2 atom stereocenters. The predicted octanol–water partition coefficient (Wildman–Crippen LogP) is 2.58. The van der Waals surface area contributed by atoms with Crippen LogP contribution in [0.25, 0.3) is 0 Å². The number of carbonyl (C=O) groups excluding carboxylic acids is 2. The number of carboxylic acid groups (broad SMARTS) is 1. The molecule has 5 heteroatoms. The standard InChI is InChI=1S/C21H25NO4/c1-3-26-18-11-9-17(10-12-18)19(14-21(24)25)22-20(23)13-15(2)16-7-5-4-6-8-16/h4-12,15,19H,3,13-14H2,1-2H3,(H,22,23)(H,24,25)/p-1/t15-,19+/m1/s1. The molecule has 0 radical (unpaired) electrons. The van der Waals surface area contributed by atoms with Gasteiger partial charge in [-0.2, -0.15) is 0 Å². The Kier molecular flexibility index (Phi) is 7.21. The van der Waals surface area contributed by atoms with E-state index < -0.39 is 12.0 Å². The largest absolute Gasteiger partial charge is 0.550 e. The van der Waals surface area contributed by atoms with E-state index in [0.717, 1.165) is 5.56 Å². The summed E-state index contributed by atoms with van der Waals surface area (Å²) in [4.78, 5) is 23.5. The average molecular weight is 354 g/mol. The third-order valence-electron chi connectivity index (χ3n) is 4.16. The van der Waals surface area contributed by atoms with Crippen LogP contribution in [0, 0.1) is 0 Å². The Bertz CT molecular complexity index is 713. The number of benzene rings is 2. The molecule has 0 aromatic heterocycles. The molecule has 0 saturated heterocycles. The molecule has 0 spiro atoms. The van der Waals surface area contributed by atoms with E-state index in [1.165, 1.54) is 0 Å². The Balaban J connectivity index is 2.04. The van der Waals surface area contributed by atoms with Crippen molar-refractivity contribution in [3.63, 3.8) is 0 Å². The molecule has 0 fully saturated rings. The van der Waals surface area contributed by atoms with Gasteiger partial charge in [0, 0.05) is 18.8 Å². The number of rotatable bonds is 9. The first-order valence-electron chi connectivity index (χ1n) is 8.76. The van der Waals surface area contributed by atoms with Crippen LogP contribution in [-0.4, -0.2) is 18.5 Å². The van der Waals surface area contributed by atoms with Gasteiger partial charge in [-0.05, 0) is 36.1 Å². The predicted molar refractivity (Wildman–Crippen MR) is 97.6 cm³/mol. The number of ether oxygens (including phenoxy) is 1. The quantitative estimate of drug-likeness (QED) is 0.751. The highest BCUT2D eigenvalue weighted by Gasteiger charge is 2.17. The van der Waals surface area contributed by atoms with Gasteiger partial charge in [-0.1, -0.05) is 49.4 Å². The molecule has 0 aliphatic heterocycles. The van der Waals surface area contributed by atoms with E-state index >= 15 is 0 Å². The average Bonchev–Trinajstić information content (AvgIpc) is 2.62. The van der Waals surface area contributed by atoms with Crippen molar-refractivity contribution < 1.29 is 19.4 Å². The normalized spacial score (nSPS) is 12.8. The van der Waals surface area contributed by atoms with Crippen LogP contribution >= 0.6 is 0 Å². The third kappa shape index (κ3) is 5.92. The summed E-state index contributed by atoms with van der Waals surface area (Å²) < 4.78 is 5.39. The molecule has 0 saturated carbocycles. The van der Waals surface area contributed by atoms with Crippen molar-refractivity contribution in [3.8, 4) is 5.75 Å². The second-order valence-corrected chi connectivity index (χ2v) is 6.21. The second-order valence-electron chi connectivity index (χ2n) is 6.21. The molecule has 1 N–H and O–H groups in total. The summed E-state index contributed by atoms with van der Waals surface area (Å²) in [5.74, 6) is -0.658. The molecule has 0 unspecified atom stereocenters. The number of hydrogen-bond donors (Lipinski definition) is 1. The minimum atomic E-state index is -1.21. The van der Waals surface area contributed by atoms with E-state index in [1.807, 2.05) is 44.2 Å². The Morgan fingerprint density at radius 3 is 2.23 bits per heavy atom. The summed E-state index contributed by atoms with van der Waals surface area (Å²) in [6.07, 6.45) is 0.00400. The van der Waals surface area contributed by atoms with E-state index in [9.17, 15) is 14.7 Å². The zero-order valence-corrected chi connectivity index (χ0v) is 15.1. The molecule has 2 rings (SSSR count). The van der Waals surface area contributed by atoms with Gasteiger partial charge in [-0.3, -0.25) is 4.79 Å². The summed E-state index contributed by atoms with van der Waals surface area (Å²) in [5.41, 5.74) is 1.78. The summed E-state index contributed by atoms with van der Waals surface area (Å²) in [6, 6.07) is 16.2. The lowest BCUT2D eigenvalue weighted by Gasteiger charge is -2.21. The second kappa shape index (κ2) is 9.61. The Morgan fingerprint density at radius 2 is 1.65 bits per heavy atom. The van der Waals surface area contributed by atoms with Gasteiger partial charge in [-0.15, -0.1) is 0 Å². The fourth-order valence-corrected chi connectivity index (χ4v) is 2.81. The van der Waals surface area contributed by atoms with E-state index in [-0.39, 0.29) is 24.7 Å². The number of aliphatic carboxylic acids is 1. The lowest BCUT2D eigenvalue weighted by atomic mass is 9.97. The summed E-state index contributed by atoms with van der Waals surface area (Å²) in [6.45, 7) is 4.41. The number of hydrogen-bond acceptors (Lipinski definition) is 4. The first kappa shape index (κ1) is 19.5. The van der Waals surface area contributed by atoms with Crippen molar-refractivity contribution >= 4 is 11.9 Å². The van der Waals surface area contributed by atoms with Crippen LogP contribution in [0.4, 0.5) is 0 Å². The molecule has 26 heavy (non-hydrogen) atoms. The molecule has 0 bridgehead atoms. The highest BCUT2D eigenvalue weighted by molar-refractivity contribution is 5.78. The minimum Gasteiger partial charge on any atom is -0.550 e. The maximum Gasteiger partial charge on any atom is 0.221 e. The molecule has 0 heterocycles. The van der Waals surface area contributed by atoms with Crippen LogP contribution in [0.5, 0.6) is 5.75 Å². The maximum atomic E-state index is 12.4. The van der Waals surface area contributed by atoms with Gasteiger partial charge in [-0.25, -0.2) is 0 Å². The molecule has 2 aromatic rings. The lowest BCUT2D eigenvalue weighted by molar-refractivity contribution is -0.306. The Hall–Kier alpha value is -2.82. The molecule has 5 nitrogen and oxygen atoms in total. The number of amides is 1.